The lowest BCUT2D eigenvalue weighted by Gasteiger charge is -1.99. The first-order valence-electron chi connectivity index (χ1n) is 5.05. The maximum atomic E-state index is 3.45. The monoisotopic (exact) mass is 185 g/mol. The molecule has 1 aromatic heterocycles. The molecule has 0 spiro atoms. The summed E-state index contributed by atoms with van der Waals surface area (Å²) in [5, 5.41) is 0. The fraction of sp³-hybridized carbons (Fsp3) is 0.231. The largest absolute Gasteiger partial charge is 0.358 e. The molecule has 0 aliphatic carbocycles. The summed E-state index contributed by atoms with van der Waals surface area (Å²) in [7, 11) is 0. The molecule has 0 saturated heterocycles. The number of rotatable bonds is 2. The Morgan fingerprint density at radius 3 is 2.43 bits per heavy atom. The molecular weight excluding hydrogens is 170 g/mol. The van der Waals surface area contributed by atoms with Crippen LogP contribution in [0.5, 0.6) is 0 Å². The van der Waals surface area contributed by atoms with Crippen LogP contribution in [0.1, 0.15) is 18.2 Å². The third-order valence-corrected chi connectivity index (χ3v) is 2.51. The van der Waals surface area contributed by atoms with Gasteiger partial charge >= 0.3 is 0 Å². The van der Waals surface area contributed by atoms with E-state index in [0.29, 0.717) is 0 Å². The Morgan fingerprint density at radius 2 is 1.86 bits per heavy atom. The molecule has 1 nitrogen and oxygen atoms in total. The van der Waals surface area contributed by atoms with E-state index < -0.39 is 0 Å². The minimum Gasteiger partial charge on any atom is -0.358 e. The second-order valence-electron chi connectivity index (χ2n) is 3.57. The molecule has 14 heavy (non-hydrogen) atoms. The maximum absolute atomic E-state index is 3.45. The third-order valence-electron chi connectivity index (χ3n) is 2.51. The van der Waals surface area contributed by atoms with Gasteiger partial charge in [0.25, 0.3) is 0 Å². The molecular formula is C13H15N. The highest BCUT2D eigenvalue weighted by Gasteiger charge is 2.04. The quantitative estimate of drug-likeness (QED) is 0.736. The van der Waals surface area contributed by atoms with Gasteiger partial charge in [-0.15, -0.1) is 0 Å². The van der Waals surface area contributed by atoms with Crippen LogP contribution < -0.4 is 0 Å². The lowest BCUT2D eigenvalue weighted by Crippen LogP contribution is -1.81. The zero-order valence-electron chi connectivity index (χ0n) is 8.67. The molecule has 0 atom stereocenters. The standard InChI is InChI=1S/C13H15N/c1-3-12-9-10(2)13(14-12)11-7-5-4-6-8-11/h4-9,14H,3H2,1-2H3. The second kappa shape index (κ2) is 3.70. The van der Waals surface area contributed by atoms with Crippen molar-refractivity contribution >= 4 is 0 Å². The average molecular weight is 185 g/mol. The van der Waals surface area contributed by atoms with E-state index in [2.05, 4.69) is 49.2 Å². The van der Waals surface area contributed by atoms with Gasteiger partial charge in [0.15, 0.2) is 0 Å². The molecule has 1 N–H and O–H groups in total. The van der Waals surface area contributed by atoms with Crippen molar-refractivity contribution in [2.45, 2.75) is 20.3 Å². The summed E-state index contributed by atoms with van der Waals surface area (Å²) in [6, 6.07) is 12.7. The third kappa shape index (κ3) is 1.58. The normalized spacial score (nSPS) is 10.4. The van der Waals surface area contributed by atoms with Gasteiger partial charge in [-0.2, -0.15) is 0 Å². The van der Waals surface area contributed by atoms with Gasteiger partial charge in [0.05, 0.1) is 0 Å². The predicted octanol–water partition coefficient (Wildman–Crippen LogP) is 3.55. The number of aryl methyl sites for hydroxylation is 2. The minimum atomic E-state index is 1.06. The number of benzene rings is 1. The zero-order valence-corrected chi connectivity index (χ0v) is 8.67. The fourth-order valence-corrected chi connectivity index (χ4v) is 1.72. The fourth-order valence-electron chi connectivity index (χ4n) is 1.72. The van der Waals surface area contributed by atoms with E-state index in [0.717, 1.165) is 6.42 Å². The lowest BCUT2D eigenvalue weighted by atomic mass is 10.1. The molecule has 2 aromatic rings. The number of H-pyrrole nitrogens is 1. The number of hydrogen-bond donors (Lipinski definition) is 1. The van der Waals surface area contributed by atoms with Crippen LogP contribution in [0.15, 0.2) is 36.4 Å². The first-order chi connectivity index (χ1) is 6.81. The highest BCUT2D eigenvalue weighted by molar-refractivity contribution is 5.63. The summed E-state index contributed by atoms with van der Waals surface area (Å²) >= 11 is 0. The smallest absolute Gasteiger partial charge is 0.0485 e. The Labute approximate surface area is 84.8 Å². The summed E-state index contributed by atoms with van der Waals surface area (Å²) in [5.74, 6) is 0. The molecule has 0 aliphatic heterocycles. The number of hydrogen-bond acceptors (Lipinski definition) is 0. The molecule has 1 aromatic carbocycles. The molecule has 0 unspecified atom stereocenters. The second-order valence-corrected chi connectivity index (χ2v) is 3.57. The average Bonchev–Trinajstić information content (AvgIpc) is 2.61. The van der Waals surface area contributed by atoms with Crippen LogP contribution >= 0.6 is 0 Å². The highest BCUT2D eigenvalue weighted by Crippen LogP contribution is 2.22. The molecule has 2 rings (SSSR count). The zero-order chi connectivity index (χ0) is 9.97. The van der Waals surface area contributed by atoms with Gasteiger partial charge in [0.1, 0.15) is 0 Å². The van der Waals surface area contributed by atoms with Crippen molar-refractivity contribution in [3.05, 3.63) is 47.7 Å². The molecule has 72 valence electrons. The van der Waals surface area contributed by atoms with E-state index in [1.54, 1.807) is 0 Å². The maximum Gasteiger partial charge on any atom is 0.0485 e. The van der Waals surface area contributed by atoms with E-state index in [1.807, 2.05) is 6.07 Å². The van der Waals surface area contributed by atoms with E-state index in [1.165, 1.54) is 22.5 Å². The highest BCUT2D eigenvalue weighted by atomic mass is 14.7. The number of aromatic amines is 1. The van der Waals surface area contributed by atoms with Crippen molar-refractivity contribution in [3.63, 3.8) is 0 Å². The van der Waals surface area contributed by atoms with Crippen molar-refractivity contribution in [1.82, 2.24) is 4.98 Å². The van der Waals surface area contributed by atoms with Crippen LogP contribution in [0, 0.1) is 6.92 Å². The summed E-state index contributed by atoms with van der Waals surface area (Å²) < 4.78 is 0. The van der Waals surface area contributed by atoms with Gasteiger partial charge in [-0.25, -0.2) is 0 Å². The van der Waals surface area contributed by atoms with E-state index in [4.69, 9.17) is 0 Å². The Bertz CT molecular complexity index is 412. The summed E-state index contributed by atoms with van der Waals surface area (Å²) in [5.41, 5.74) is 5.15. The van der Waals surface area contributed by atoms with Gasteiger partial charge in [-0.1, -0.05) is 37.3 Å². The van der Waals surface area contributed by atoms with Crippen LogP contribution in [0.3, 0.4) is 0 Å². The van der Waals surface area contributed by atoms with Gasteiger partial charge in [-0.05, 0) is 30.5 Å². The SMILES string of the molecule is CCc1cc(C)c(-c2ccccc2)[nH]1. The summed E-state index contributed by atoms with van der Waals surface area (Å²) in [6.07, 6.45) is 1.06. The number of nitrogens with one attached hydrogen (secondary N) is 1. The predicted molar refractivity (Wildman–Crippen MR) is 60.3 cm³/mol. The van der Waals surface area contributed by atoms with Crippen molar-refractivity contribution in [2.24, 2.45) is 0 Å². The van der Waals surface area contributed by atoms with Crippen LogP contribution in [0.4, 0.5) is 0 Å². The molecule has 0 fully saturated rings. The number of aromatic nitrogens is 1. The van der Waals surface area contributed by atoms with E-state index in [-0.39, 0.29) is 0 Å². The molecule has 0 bridgehead atoms. The molecule has 0 saturated carbocycles. The Balaban J connectivity index is 2.46. The first-order valence-corrected chi connectivity index (χ1v) is 5.05. The van der Waals surface area contributed by atoms with Crippen molar-refractivity contribution in [3.8, 4) is 11.3 Å². The molecule has 0 aliphatic rings. The van der Waals surface area contributed by atoms with E-state index in [9.17, 15) is 0 Å². The molecule has 0 radical (unpaired) electrons. The Morgan fingerprint density at radius 1 is 1.14 bits per heavy atom. The molecule has 1 heterocycles. The van der Waals surface area contributed by atoms with Crippen molar-refractivity contribution in [2.75, 3.05) is 0 Å². The van der Waals surface area contributed by atoms with Crippen molar-refractivity contribution < 1.29 is 0 Å². The van der Waals surface area contributed by atoms with Crippen LogP contribution in [-0.2, 0) is 6.42 Å². The van der Waals surface area contributed by atoms with Gasteiger partial charge in [0, 0.05) is 11.4 Å². The topological polar surface area (TPSA) is 15.8 Å². The molecule has 0 amide bonds. The van der Waals surface area contributed by atoms with Gasteiger partial charge in [-0.3, -0.25) is 0 Å². The van der Waals surface area contributed by atoms with Crippen LogP contribution in [0.2, 0.25) is 0 Å². The van der Waals surface area contributed by atoms with Crippen molar-refractivity contribution in [1.29, 1.82) is 0 Å². The molecule has 1 heteroatoms. The first kappa shape index (κ1) is 9.07. The van der Waals surface area contributed by atoms with Crippen LogP contribution in [-0.4, -0.2) is 4.98 Å². The van der Waals surface area contributed by atoms with Crippen LogP contribution in [0.25, 0.3) is 11.3 Å². The summed E-state index contributed by atoms with van der Waals surface area (Å²) in [4.78, 5) is 3.45. The van der Waals surface area contributed by atoms with Gasteiger partial charge < -0.3 is 4.98 Å². The summed E-state index contributed by atoms with van der Waals surface area (Å²) in [6.45, 7) is 4.32. The lowest BCUT2D eigenvalue weighted by molar-refractivity contribution is 1.07. The van der Waals surface area contributed by atoms with E-state index >= 15 is 0 Å². The Hall–Kier alpha value is -1.50. The van der Waals surface area contributed by atoms with Gasteiger partial charge in [0.2, 0.25) is 0 Å². The Kier molecular flexibility index (Phi) is 2.40. The minimum absolute atomic E-state index is 1.06.